The Bertz CT molecular complexity index is 718. The second-order valence-corrected chi connectivity index (χ2v) is 7.64. The Morgan fingerprint density at radius 1 is 1.16 bits per heavy atom. The number of amides is 1. The third-order valence-electron chi connectivity index (χ3n) is 4.54. The van der Waals surface area contributed by atoms with Crippen molar-refractivity contribution in [2.24, 2.45) is 5.73 Å². The van der Waals surface area contributed by atoms with Gasteiger partial charge in [0.25, 0.3) is 0 Å². The van der Waals surface area contributed by atoms with Crippen molar-refractivity contribution in [2.45, 2.75) is 36.6 Å². The summed E-state index contributed by atoms with van der Waals surface area (Å²) in [6.07, 6.45) is 0. The lowest BCUT2D eigenvalue weighted by Gasteiger charge is -2.17. The maximum absolute atomic E-state index is 12.5. The molecule has 134 valence electrons. The number of hydrogen-bond donors (Lipinski definition) is 2. The molecule has 0 aromatic heterocycles. The Kier molecular flexibility index (Phi) is 6.94. The minimum atomic E-state index is -0.181. The summed E-state index contributed by atoms with van der Waals surface area (Å²) < 4.78 is 0. The van der Waals surface area contributed by atoms with E-state index in [1.165, 1.54) is 10.5 Å². The molecule has 5 heteroatoms. The largest absolute Gasteiger partial charge is 0.354 e. The van der Waals surface area contributed by atoms with E-state index in [-0.39, 0.29) is 30.3 Å². The Morgan fingerprint density at radius 2 is 1.80 bits per heavy atom. The number of carbonyl (C=O) groups is 1. The van der Waals surface area contributed by atoms with Gasteiger partial charge in [-0.25, -0.2) is 0 Å². The number of halogens is 1. The zero-order chi connectivity index (χ0) is 17.1. The second-order valence-electron chi connectivity index (χ2n) is 6.57. The molecule has 3 N–H and O–H groups in total. The molecule has 2 unspecified atom stereocenters. The number of carbonyl (C=O) groups excluding carboxylic acids is 1. The normalized spacial score (nSPS) is 16.9. The van der Waals surface area contributed by atoms with Gasteiger partial charge >= 0.3 is 0 Å². The van der Waals surface area contributed by atoms with E-state index in [0.717, 1.165) is 16.9 Å². The van der Waals surface area contributed by atoms with E-state index in [1.807, 2.05) is 18.2 Å². The first-order chi connectivity index (χ1) is 11.6. The first-order valence-electron chi connectivity index (χ1n) is 8.41. The molecule has 25 heavy (non-hydrogen) atoms. The summed E-state index contributed by atoms with van der Waals surface area (Å²) in [5.74, 6) is 1.32. The van der Waals surface area contributed by atoms with E-state index in [1.54, 1.807) is 11.8 Å². The van der Waals surface area contributed by atoms with Gasteiger partial charge in [-0.1, -0.05) is 56.3 Å². The zero-order valence-electron chi connectivity index (χ0n) is 14.6. The third kappa shape index (κ3) is 4.57. The molecule has 3 rings (SSSR count). The van der Waals surface area contributed by atoms with Crippen molar-refractivity contribution in [3.63, 3.8) is 0 Å². The highest BCUT2D eigenvalue weighted by Gasteiger charge is 2.28. The highest BCUT2D eigenvalue weighted by Crippen LogP contribution is 2.39. The average Bonchev–Trinajstić information content (AvgIpc) is 3.03. The molecule has 0 fully saturated rings. The summed E-state index contributed by atoms with van der Waals surface area (Å²) in [6, 6.07) is 16.3. The van der Waals surface area contributed by atoms with Gasteiger partial charge in [0.15, 0.2) is 0 Å². The molecule has 0 saturated heterocycles. The van der Waals surface area contributed by atoms with Crippen molar-refractivity contribution in [2.75, 3.05) is 12.3 Å². The first-order valence-corrected chi connectivity index (χ1v) is 9.39. The van der Waals surface area contributed by atoms with Crippen LogP contribution in [0.2, 0.25) is 0 Å². The van der Waals surface area contributed by atoms with E-state index >= 15 is 0 Å². The number of nitrogens with one attached hydrogen (secondary N) is 1. The van der Waals surface area contributed by atoms with E-state index in [4.69, 9.17) is 5.73 Å². The summed E-state index contributed by atoms with van der Waals surface area (Å²) >= 11 is 1.75. The standard InChI is InChI=1S/C20H24N2OS.ClH/c1-13(2)14-7-9-15(10-8-14)18(21)11-22-20(23)17-12-24-19-6-4-3-5-16(17)19;/h3-10,13,17-18H,11-12,21H2,1-2H3,(H,22,23);1H. The molecule has 1 aliphatic heterocycles. The van der Waals surface area contributed by atoms with Crippen LogP contribution in [0.25, 0.3) is 0 Å². The molecule has 2 aromatic carbocycles. The van der Waals surface area contributed by atoms with Gasteiger partial charge in [-0.2, -0.15) is 0 Å². The average molecular weight is 377 g/mol. The van der Waals surface area contributed by atoms with Crippen molar-refractivity contribution in [1.82, 2.24) is 5.32 Å². The quantitative estimate of drug-likeness (QED) is 0.820. The van der Waals surface area contributed by atoms with Crippen LogP contribution in [-0.4, -0.2) is 18.2 Å². The summed E-state index contributed by atoms with van der Waals surface area (Å²) in [7, 11) is 0. The van der Waals surface area contributed by atoms with Crippen molar-refractivity contribution in [1.29, 1.82) is 0 Å². The Labute approximate surface area is 160 Å². The molecule has 1 heterocycles. The highest BCUT2D eigenvalue weighted by molar-refractivity contribution is 7.99. The zero-order valence-corrected chi connectivity index (χ0v) is 16.2. The predicted molar refractivity (Wildman–Crippen MR) is 108 cm³/mol. The van der Waals surface area contributed by atoms with Crippen LogP contribution < -0.4 is 11.1 Å². The lowest BCUT2D eigenvalue weighted by Crippen LogP contribution is -2.35. The number of hydrogen-bond acceptors (Lipinski definition) is 3. The molecule has 0 bridgehead atoms. The molecule has 1 amide bonds. The molecule has 0 radical (unpaired) electrons. The van der Waals surface area contributed by atoms with Gasteiger partial charge in [0, 0.05) is 23.2 Å². The van der Waals surface area contributed by atoms with Crippen LogP contribution >= 0.6 is 24.2 Å². The molecule has 0 saturated carbocycles. The fraction of sp³-hybridized carbons (Fsp3) is 0.350. The lowest BCUT2D eigenvalue weighted by molar-refractivity contribution is -0.122. The van der Waals surface area contributed by atoms with Gasteiger partial charge in [0.2, 0.25) is 5.91 Å². The molecule has 1 aliphatic rings. The summed E-state index contributed by atoms with van der Waals surface area (Å²) in [4.78, 5) is 13.7. The minimum absolute atomic E-state index is 0. The van der Waals surface area contributed by atoms with Crippen molar-refractivity contribution in [3.8, 4) is 0 Å². The van der Waals surface area contributed by atoms with Gasteiger partial charge in [0.1, 0.15) is 0 Å². The number of rotatable bonds is 5. The summed E-state index contributed by atoms with van der Waals surface area (Å²) in [6.45, 7) is 4.81. The summed E-state index contributed by atoms with van der Waals surface area (Å²) in [5, 5.41) is 3.02. The van der Waals surface area contributed by atoms with Crippen molar-refractivity contribution >= 4 is 30.1 Å². The summed E-state index contributed by atoms with van der Waals surface area (Å²) in [5.41, 5.74) is 9.73. The minimum Gasteiger partial charge on any atom is -0.354 e. The topological polar surface area (TPSA) is 55.1 Å². The highest BCUT2D eigenvalue weighted by atomic mass is 35.5. The fourth-order valence-corrected chi connectivity index (χ4v) is 4.19. The van der Waals surface area contributed by atoms with Crippen molar-refractivity contribution < 1.29 is 4.79 Å². The molecular weight excluding hydrogens is 352 g/mol. The van der Waals surface area contributed by atoms with Gasteiger partial charge in [0.05, 0.1) is 5.92 Å². The maximum Gasteiger partial charge on any atom is 0.228 e. The van der Waals surface area contributed by atoms with Crippen LogP contribution in [0.15, 0.2) is 53.4 Å². The number of benzene rings is 2. The van der Waals surface area contributed by atoms with Crippen LogP contribution in [0.1, 0.15) is 48.4 Å². The molecular formula is C20H25ClN2OS. The van der Waals surface area contributed by atoms with Crippen LogP contribution in [0, 0.1) is 0 Å². The molecule has 0 spiro atoms. The van der Waals surface area contributed by atoms with Gasteiger partial charge in [-0.3, -0.25) is 4.79 Å². The molecule has 0 aliphatic carbocycles. The molecule has 2 atom stereocenters. The van der Waals surface area contributed by atoms with E-state index in [0.29, 0.717) is 12.5 Å². The van der Waals surface area contributed by atoms with Gasteiger partial charge in [-0.15, -0.1) is 24.2 Å². The smallest absolute Gasteiger partial charge is 0.228 e. The van der Waals surface area contributed by atoms with Crippen LogP contribution in [-0.2, 0) is 4.79 Å². The number of nitrogens with two attached hydrogens (primary N) is 1. The van der Waals surface area contributed by atoms with E-state index < -0.39 is 0 Å². The van der Waals surface area contributed by atoms with Crippen LogP contribution in [0.3, 0.4) is 0 Å². The van der Waals surface area contributed by atoms with Crippen molar-refractivity contribution in [3.05, 3.63) is 65.2 Å². The van der Waals surface area contributed by atoms with E-state index in [2.05, 4.69) is 49.5 Å². The fourth-order valence-electron chi connectivity index (χ4n) is 2.96. The molecule has 2 aromatic rings. The number of fused-ring (bicyclic) bond motifs is 1. The SMILES string of the molecule is CC(C)c1ccc(C(N)CNC(=O)C2CSc3ccccc32)cc1.Cl. The molecule has 3 nitrogen and oxygen atoms in total. The Morgan fingerprint density at radius 3 is 2.48 bits per heavy atom. The van der Waals surface area contributed by atoms with Crippen LogP contribution in [0.4, 0.5) is 0 Å². The van der Waals surface area contributed by atoms with Crippen LogP contribution in [0.5, 0.6) is 0 Å². The lowest BCUT2D eigenvalue weighted by atomic mass is 9.98. The number of thioether (sulfide) groups is 1. The van der Waals surface area contributed by atoms with Gasteiger partial charge < -0.3 is 11.1 Å². The Balaban J connectivity index is 0.00000225. The monoisotopic (exact) mass is 376 g/mol. The first kappa shape index (κ1) is 19.8. The Hall–Kier alpha value is -1.49. The second kappa shape index (κ2) is 8.75. The third-order valence-corrected chi connectivity index (χ3v) is 5.73. The predicted octanol–water partition coefficient (Wildman–Crippen LogP) is 4.24. The van der Waals surface area contributed by atoms with E-state index in [9.17, 15) is 4.79 Å². The van der Waals surface area contributed by atoms with Gasteiger partial charge in [-0.05, 0) is 28.7 Å². The maximum atomic E-state index is 12.5.